The second kappa shape index (κ2) is 7.38. The summed E-state index contributed by atoms with van der Waals surface area (Å²) in [6.07, 6.45) is 0. The minimum atomic E-state index is -0.599. The molecular weight excluding hydrogens is 352 g/mol. The Morgan fingerprint density at radius 2 is 1.96 bits per heavy atom. The third-order valence-electron chi connectivity index (χ3n) is 4.50. The van der Waals surface area contributed by atoms with Gasteiger partial charge in [-0.25, -0.2) is 0 Å². The van der Waals surface area contributed by atoms with Crippen molar-refractivity contribution < 1.29 is 14.3 Å². The lowest BCUT2D eigenvalue weighted by Crippen LogP contribution is -2.47. The molecule has 2 aromatic rings. The molecule has 5 nitrogen and oxygen atoms in total. The van der Waals surface area contributed by atoms with Crippen LogP contribution in [-0.2, 0) is 11.3 Å². The fraction of sp³-hybridized carbons (Fsp3) is 0.300. The first-order valence-electron chi connectivity index (χ1n) is 8.45. The fourth-order valence-corrected chi connectivity index (χ4v) is 3.46. The highest BCUT2D eigenvalue weighted by atomic mass is 35.5. The Balaban J connectivity index is 1.87. The minimum absolute atomic E-state index is 0.0570. The number of halogens is 1. The van der Waals surface area contributed by atoms with Crippen LogP contribution in [0.25, 0.3) is 0 Å². The van der Waals surface area contributed by atoms with Crippen LogP contribution in [0.2, 0.25) is 5.02 Å². The SMILES string of the molecule is COc1ccc(Cl)cc1NC(=O)[C@@H](C(C)C)N1Cc2ccccc2C1=O. The maximum absolute atomic E-state index is 13.0. The number of carbonyl (C=O) groups excluding carboxylic acids is 2. The molecule has 26 heavy (non-hydrogen) atoms. The van der Waals surface area contributed by atoms with Crippen LogP contribution in [0.15, 0.2) is 42.5 Å². The van der Waals surface area contributed by atoms with Crippen LogP contribution in [-0.4, -0.2) is 29.9 Å². The van der Waals surface area contributed by atoms with E-state index < -0.39 is 6.04 Å². The highest BCUT2D eigenvalue weighted by Gasteiger charge is 2.38. The second-order valence-corrected chi connectivity index (χ2v) is 7.05. The van der Waals surface area contributed by atoms with Crippen molar-refractivity contribution in [1.82, 2.24) is 4.90 Å². The molecule has 1 aliphatic heterocycles. The first kappa shape index (κ1) is 18.3. The third kappa shape index (κ3) is 3.40. The summed E-state index contributed by atoms with van der Waals surface area (Å²) in [6.45, 7) is 4.28. The Hall–Kier alpha value is -2.53. The maximum atomic E-state index is 13.0. The molecule has 0 fully saturated rings. The van der Waals surface area contributed by atoms with Crippen molar-refractivity contribution in [2.75, 3.05) is 12.4 Å². The van der Waals surface area contributed by atoms with Crippen molar-refractivity contribution in [3.05, 3.63) is 58.6 Å². The smallest absolute Gasteiger partial charge is 0.255 e. The van der Waals surface area contributed by atoms with E-state index in [0.717, 1.165) is 5.56 Å². The Morgan fingerprint density at radius 3 is 2.62 bits per heavy atom. The zero-order valence-corrected chi connectivity index (χ0v) is 15.7. The molecule has 1 N–H and O–H groups in total. The van der Waals surface area contributed by atoms with Crippen molar-refractivity contribution in [3.8, 4) is 5.75 Å². The van der Waals surface area contributed by atoms with E-state index in [4.69, 9.17) is 16.3 Å². The van der Waals surface area contributed by atoms with Crippen molar-refractivity contribution >= 4 is 29.1 Å². The van der Waals surface area contributed by atoms with E-state index >= 15 is 0 Å². The van der Waals surface area contributed by atoms with Gasteiger partial charge in [0, 0.05) is 17.1 Å². The number of benzene rings is 2. The highest BCUT2D eigenvalue weighted by Crippen LogP contribution is 2.30. The monoisotopic (exact) mass is 372 g/mol. The van der Waals surface area contributed by atoms with Crippen LogP contribution in [0.5, 0.6) is 5.75 Å². The number of hydrogen-bond donors (Lipinski definition) is 1. The molecular formula is C20H21ClN2O3. The topological polar surface area (TPSA) is 58.6 Å². The van der Waals surface area contributed by atoms with Crippen LogP contribution in [0.3, 0.4) is 0 Å². The Labute approximate surface area is 157 Å². The molecule has 136 valence electrons. The highest BCUT2D eigenvalue weighted by molar-refractivity contribution is 6.31. The standard InChI is InChI=1S/C20H21ClN2O3/c1-12(2)18(23-11-13-6-4-5-7-15(13)20(23)25)19(24)22-16-10-14(21)8-9-17(16)26-3/h4-10,12,18H,11H2,1-3H3,(H,22,24)/t18-/m1/s1. The van der Waals surface area contributed by atoms with Gasteiger partial charge in [0.15, 0.2) is 0 Å². The lowest BCUT2D eigenvalue weighted by molar-refractivity contribution is -0.122. The molecule has 1 aliphatic rings. The van der Waals surface area contributed by atoms with Crippen molar-refractivity contribution in [2.24, 2.45) is 5.92 Å². The summed E-state index contributed by atoms with van der Waals surface area (Å²) in [5.74, 6) is 0.0777. The molecule has 0 aliphatic carbocycles. The number of nitrogens with one attached hydrogen (secondary N) is 1. The average Bonchev–Trinajstić information content (AvgIpc) is 2.92. The number of hydrogen-bond acceptors (Lipinski definition) is 3. The van der Waals surface area contributed by atoms with E-state index in [1.807, 2.05) is 32.0 Å². The zero-order valence-electron chi connectivity index (χ0n) is 15.0. The van der Waals surface area contributed by atoms with E-state index in [9.17, 15) is 9.59 Å². The molecule has 0 radical (unpaired) electrons. The molecule has 0 spiro atoms. The Kier molecular flexibility index (Phi) is 5.18. The lowest BCUT2D eigenvalue weighted by Gasteiger charge is -2.30. The van der Waals surface area contributed by atoms with Crippen molar-refractivity contribution in [1.29, 1.82) is 0 Å². The number of ether oxygens (including phenoxy) is 1. The van der Waals surface area contributed by atoms with Gasteiger partial charge in [0.2, 0.25) is 5.91 Å². The second-order valence-electron chi connectivity index (χ2n) is 6.61. The molecule has 3 rings (SSSR count). The summed E-state index contributed by atoms with van der Waals surface area (Å²) >= 11 is 6.04. The third-order valence-corrected chi connectivity index (χ3v) is 4.74. The summed E-state index contributed by atoms with van der Waals surface area (Å²) in [4.78, 5) is 27.4. The molecule has 1 atom stereocenters. The summed E-state index contributed by atoms with van der Waals surface area (Å²) < 4.78 is 5.28. The Bertz CT molecular complexity index is 851. The summed E-state index contributed by atoms with van der Waals surface area (Å²) in [6, 6.07) is 11.9. The number of carbonyl (C=O) groups is 2. The average molecular weight is 373 g/mol. The number of anilines is 1. The largest absolute Gasteiger partial charge is 0.495 e. The number of rotatable bonds is 5. The molecule has 1 heterocycles. The molecule has 0 bridgehead atoms. The first-order chi connectivity index (χ1) is 12.4. The van der Waals surface area contributed by atoms with Crippen LogP contribution >= 0.6 is 11.6 Å². The van der Waals surface area contributed by atoms with Gasteiger partial charge in [0.25, 0.3) is 5.91 Å². The number of nitrogens with zero attached hydrogens (tertiary/aromatic N) is 1. The van der Waals surface area contributed by atoms with Gasteiger partial charge in [-0.15, -0.1) is 0 Å². The fourth-order valence-electron chi connectivity index (χ4n) is 3.29. The van der Waals surface area contributed by atoms with Gasteiger partial charge in [-0.05, 0) is 35.7 Å². The van der Waals surface area contributed by atoms with Gasteiger partial charge in [-0.3, -0.25) is 9.59 Å². The van der Waals surface area contributed by atoms with Crippen LogP contribution in [0.1, 0.15) is 29.8 Å². The molecule has 0 unspecified atom stereocenters. The first-order valence-corrected chi connectivity index (χ1v) is 8.83. The van der Waals surface area contributed by atoms with Crippen molar-refractivity contribution in [2.45, 2.75) is 26.4 Å². The van der Waals surface area contributed by atoms with Gasteiger partial charge in [-0.2, -0.15) is 0 Å². The normalized spacial score (nSPS) is 14.3. The van der Waals surface area contributed by atoms with E-state index in [-0.39, 0.29) is 17.7 Å². The van der Waals surface area contributed by atoms with Gasteiger partial charge in [0.1, 0.15) is 11.8 Å². The number of methoxy groups -OCH3 is 1. The summed E-state index contributed by atoms with van der Waals surface area (Å²) in [5.41, 5.74) is 2.09. The number of amides is 2. The Morgan fingerprint density at radius 1 is 1.23 bits per heavy atom. The molecule has 0 saturated heterocycles. The predicted molar refractivity (Wildman–Crippen MR) is 102 cm³/mol. The van der Waals surface area contributed by atoms with E-state index in [1.165, 1.54) is 7.11 Å². The summed E-state index contributed by atoms with van der Waals surface area (Å²) in [5, 5.41) is 3.36. The summed E-state index contributed by atoms with van der Waals surface area (Å²) in [7, 11) is 1.53. The van der Waals surface area contributed by atoms with Gasteiger partial charge < -0.3 is 15.0 Å². The van der Waals surface area contributed by atoms with E-state index in [1.54, 1.807) is 29.2 Å². The molecule has 2 aromatic carbocycles. The van der Waals surface area contributed by atoms with Crippen LogP contribution in [0.4, 0.5) is 5.69 Å². The van der Waals surface area contributed by atoms with Gasteiger partial charge in [0.05, 0.1) is 12.8 Å². The van der Waals surface area contributed by atoms with Gasteiger partial charge >= 0.3 is 0 Å². The van der Waals surface area contributed by atoms with Crippen LogP contribution in [0, 0.1) is 5.92 Å². The minimum Gasteiger partial charge on any atom is -0.495 e. The molecule has 6 heteroatoms. The molecule has 0 aromatic heterocycles. The quantitative estimate of drug-likeness (QED) is 0.864. The van der Waals surface area contributed by atoms with Crippen LogP contribution < -0.4 is 10.1 Å². The predicted octanol–water partition coefficient (Wildman–Crippen LogP) is 3.97. The number of fused-ring (bicyclic) bond motifs is 1. The van der Waals surface area contributed by atoms with E-state index in [0.29, 0.717) is 28.6 Å². The lowest BCUT2D eigenvalue weighted by atomic mass is 10.0. The van der Waals surface area contributed by atoms with E-state index in [2.05, 4.69) is 5.32 Å². The maximum Gasteiger partial charge on any atom is 0.255 e. The zero-order chi connectivity index (χ0) is 18.8. The molecule has 2 amide bonds. The molecule has 0 saturated carbocycles. The van der Waals surface area contributed by atoms with Crippen molar-refractivity contribution in [3.63, 3.8) is 0 Å². The van der Waals surface area contributed by atoms with Gasteiger partial charge in [-0.1, -0.05) is 43.6 Å².